The van der Waals surface area contributed by atoms with Crippen molar-refractivity contribution in [1.82, 2.24) is 5.43 Å². The number of aryl methyl sites for hydroxylation is 2. The Morgan fingerprint density at radius 3 is 2.75 bits per heavy atom. The summed E-state index contributed by atoms with van der Waals surface area (Å²) in [4.78, 5) is 12.0. The lowest BCUT2D eigenvalue weighted by atomic mass is 10.0. The molecule has 0 heterocycles. The summed E-state index contributed by atoms with van der Waals surface area (Å²) in [6.07, 6.45) is 1.62. The highest BCUT2D eigenvalue weighted by Gasteiger charge is 2.08. The molecule has 2 rings (SSSR count). The maximum atomic E-state index is 12.0. The third kappa shape index (κ3) is 4.58. The first kappa shape index (κ1) is 18.0. The number of ether oxygens (including phenoxy) is 1. The molecule has 0 unspecified atom stereocenters. The molecule has 0 radical (unpaired) electrons. The highest BCUT2D eigenvalue weighted by molar-refractivity contribution is 9.10. The number of halogens is 1. The molecule has 6 heteroatoms. The van der Waals surface area contributed by atoms with Crippen LogP contribution in [0.3, 0.4) is 0 Å². The van der Waals surface area contributed by atoms with Crippen LogP contribution < -0.4 is 10.2 Å². The standard InChI is InChI=1S/C18H19BrN2O3/c1-11-4-5-13(12(2)6-11)8-17(22)21-20-10-14-7-15(24-3)9-16(19)18(14)23/h4-7,9-10,23H,8H2,1-3H3,(H,21,22)/b20-10-. The molecule has 2 aromatic carbocycles. The molecule has 24 heavy (non-hydrogen) atoms. The lowest BCUT2D eigenvalue weighted by Crippen LogP contribution is -2.20. The number of hydrogen-bond donors (Lipinski definition) is 2. The number of nitrogens with one attached hydrogen (secondary N) is 1. The minimum atomic E-state index is -0.223. The minimum absolute atomic E-state index is 0.0307. The third-order valence-electron chi connectivity index (χ3n) is 3.54. The van der Waals surface area contributed by atoms with E-state index in [1.165, 1.54) is 13.3 Å². The van der Waals surface area contributed by atoms with Gasteiger partial charge in [-0.2, -0.15) is 5.10 Å². The third-order valence-corrected chi connectivity index (χ3v) is 4.15. The number of aromatic hydroxyl groups is 1. The molecule has 126 valence electrons. The van der Waals surface area contributed by atoms with Crippen LogP contribution in [0.2, 0.25) is 0 Å². The van der Waals surface area contributed by atoms with Crippen LogP contribution in [0.1, 0.15) is 22.3 Å². The second kappa shape index (κ2) is 7.97. The Morgan fingerprint density at radius 1 is 1.33 bits per heavy atom. The molecule has 0 fully saturated rings. The highest BCUT2D eigenvalue weighted by Crippen LogP contribution is 2.31. The van der Waals surface area contributed by atoms with Gasteiger partial charge < -0.3 is 9.84 Å². The molecule has 0 aliphatic rings. The number of hydrogen-bond acceptors (Lipinski definition) is 4. The zero-order chi connectivity index (χ0) is 17.7. The fraction of sp³-hybridized carbons (Fsp3) is 0.222. The number of phenols is 1. The van der Waals surface area contributed by atoms with Gasteiger partial charge in [-0.25, -0.2) is 5.43 Å². The van der Waals surface area contributed by atoms with Crippen molar-refractivity contribution in [3.63, 3.8) is 0 Å². The summed E-state index contributed by atoms with van der Waals surface area (Å²) in [5.41, 5.74) is 6.10. The van der Waals surface area contributed by atoms with Crippen molar-refractivity contribution < 1.29 is 14.6 Å². The van der Waals surface area contributed by atoms with E-state index < -0.39 is 0 Å². The Balaban J connectivity index is 2.03. The summed E-state index contributed by atoms with van der Waals surface area (Å²) in [6.45, 7) is 3.99. The van der Waals surface area contributed by atoms with Gasteiger partial charge in [0.1, 0.15) is 11.5 Å². The molecule has 0 aromatic heterocycles. The van der Waals surface area contributed by atoms with E-state index in [1.807, 2.05) is 32.0 Å². The zero-order valence-corrected chi connectivity index (χ0v) is 15.3. The molecule has 0 saturated heterocycles. The zero-order valence-electron chi connectivity index (χ0n) is 13.8. The first-order valence-electron chi connectivity index (χ1n) is 7.35. The van der Waals surface area contributed by atoms with Gasteiger partial charge in [-0.05, 0) is 53.0 Å². The minimum Gasteiger partial charge on any atom is -0.506 e. The van der Waals surface area contributed by atoms with Crippen molar-refractivity contribution in [2.75, 3.05) is 7.11 Å². The van der Waals surface area contributed by atoms with Gasteiger partial charge in [0.15, 0.2) is 0 Å². The van der Waals surface area contributed by atoms with Gasteiger partial charge in [0.25, 0.3) is 0 Å². The van der Waals surface area contributed by atoms with Gasteiger partial charge in [0.05, 0.1) is 24.2 Å². The summed E-state index contributed by atoms with van der Waals surface area (Å²) in [5, 5.41) is 13.9. The van der Waals surface area contributed by atoms with Crippen LogP contribution >= 0.6 is 15.9 Å². The van der Waals surface area contributed by atoms with Crippen molar-refractivity contribution in [3.05, 3.63) is 57.1 Å². The molecule has 5 nitrogen and oxygen atoms in total. The quantitative estimate of drug-likeness (QED) is 0.606. The molecule has 0 saturated carbocycles. The van der Waals surface area contributed by atoms with E-state index in [4.69, 9.17) is 4.74 Å². The van der Waals surface area contributed by atoms with Crippen LogP contribution in [0.5, 0.6) is 11.5 Å². The van der Waals surface area contributed by atoms with Crippen molar-refractivity contribution in [2.24, 2.45) is 5.10 Å². The molecule has 2 N–H and O–H groups in total. The number of hydrazone groups is 1. The second-order valence-corrected chi connectivity index (χ2v) is 6.30. The van der Waals surface area contributed by atoms with Crippen molar-refractivity contribution >= 4 is 28.1 Å². The molecule has 2 aromatic rings. The average molecular weight is 391 g/mol. The Morgan fingerprint density at radius 2 is 2.08 bits per heavy atom. The summed E-state index contributed by atoms with van der Waals surface area (Å²) in [7, 11) is 1.53. The SMILES string of the molecule is COc1cc(Br)c(O)c(/C=N\NC(=O)Cc2ccc(C)cc2C)c1. The highest BCUT2D eigenvalue weighted by atomic mass is 79.9. The van der Waals surface area contributed by atoms with Gasteiger partial charge in [-0.1, -0.05) is 23.8 Å². The van der Waals surface area contributed by atoms with E-state index in [1.54, 1.807) is 12.1 Å². The molecule has 0 aliphatic carbocycles. The maximum Gasteiger partial charge on any atom is 0.244 e. The summed E-state index contributed by atoms with van der Waals surface area (Å²) in [6, 6.07) is 9.23. The van der Waals surface area contributed by atoms with Gasteiger partial charge in [-0.3, -0.25) is 4.79 Å². The van der Waals surface area contributed by atoms with E-state index in [2.05, 4.69) is 26.5 Å². The fourth-order valence-corrected chi connectivity index (χ4v) is 2.70. The number of phenolic OH excluding ortho intramolecular Hbond substituents is 1. The number of benzene rings is 2. The monoisotopic (exact) mass is 390 g/mol. The summed E-state index contributed by atoms with van der Waals surface area (Å²) < 4.78 is 5.62. The van der Waals surface area contributed by atoms with E-state index in [9.17, 15) is 9.90 Å². The Bertz CT molecular complexity index is 788. The van der Waals surface area contributed by atoms with E-state index >= 15 is 0 Å². The molecular weight excluding hydrogens is 372 g/mol. The van der Waals surface area contributed by atoms with Gasteiger partial charge in [-0.15, -0.1) is 0 Å². The number of nitrogens with zero attached hydrogens (tertiary/aromatic N) is 1. The predicted octanol–water partition coefficient (Wildman–Crippen LogP) is 3.47. The first-order chi connectivity index (χ1) is 11.4. The van der Waals surface area contributed by atoms with E-state index in [-0.39, 0.29) is 18.1 Å². The molecule has 1 amide bonds. The van der Waals surface area contributed by atoms with Gasteiger partial charge >= 0.3 is 0 Å². The lowest BCUT2D eigenvalue weighted by molar-refractivity contribution is -0.120. The first-order valence-corrected chi connectivity index (χ1v) is 8.14. The van der Waals surface area contributed by atoms with Crippen LogP contribution in [-0.2, 0) is 11.2 Å². The van der Waals surface area contributed by atoms with Crippen molar-refractivity contribution in [1.29, 1.82) is 0 Å². The topological polar surface area (TPSA) is 70.9 Å². The number of carbonyl (C=O) groups excluding carboxylic acids is 1. The van der Waals surface area contributed by atoms with Crippen LogP contribution in [0.15, 0.2) is 39.9 Å². The number of carbonyl (C=O) groups is 1. The number of rotatable bonds is 5. The average Bonchev–Trinajstić information content (AvgIpc) is 2.54. The Labute approximate surface area is 149 Å². The largest absolute Gasteiger partial charge is 0.506 e. The Kier molecular flexibility index (Phi) is 5.98. The normalized spacial score (nSPS) is 10.8. The predicted molar refractivity (Wildman–Crippen MR) is 97.7 cm³/mol. The van der Waals surface area contributed by atoms with Crippen LogP contribution in [-0.4, -0.2) is 24.3 Å². The van der Waals surface area contributed by atoms with Gasteiger partial charge in [0, 0.05) is 5.56 Å². The smallest absolute Gasteiger partial charge is 0.244 e. The van der Waals surface area contributed by atoms with Crippen LogP contribution in [0.25, 0.3) is 0 Å². The maximum absolute atomic E-state index is 12.0. The second-order valence-electron chi connectivity index (χ2n) is 5.45. The van der Waals surface area contributed by atoms with Crippen LogP contribution in [0.4, 0.5) is 0 Å². The Hall–Kier alpha value is -2.34. The molecule has 0 aliphatic heterocycles. The summed E-state index contributed by atoms with van der Waals surface area (Å²) >= 11 is 3.24. The van der Waals surface area contributed by atoms with Gasteiger partial charge in [0.2, 0.25) is 5.91 Å². The molecule has 0 spiro atoms. The fourth-order valence-electron chi connectivity index (χ4n) is 2.24. The number of methoxy groups -OCH3 is 1. The van der Waals surface area contributed by atoms with Crippen LogP contribution in [0, 0.1) is 13.8 Å². The molecular formula is C18H19BrN2O3. The van der Waals surface area contributed by atoms with Crippen molar-refractivity contribution in [2.45, 2.75) is 20.3 Å². The lowest BCUT2D eigenvalue weighted by Gasteiger charge is -2.07. The number of amides is 1. The molecule has 0 atom stereocenters. The summed E-state index contributed by atoms with van der Waals surface area (Å²) in [5.74, 6) is 0.380. The molecule has 0 bridgehead atoms. The van der Waals surface area contributed by atoms with E-state index in [0.717, 1.165) is 16.7 Å². The van der Waals surface area contributed by atoms with E-state index in [0.29, 0.717) is 15.8 Å². The van der Waals surface area contributed by atoms with Crippen molar-refractivity contribution in [3.8, 4) is 11.5 Å².